The van der Waals surface area contributed by atoms with E-state index in [9.17, 15) is 14.4 Å². The predicted octanol–water partition coefficient (Wildman–Crippen LogP) is -0.803. The minimum absolute atomic E-state index is 0.0439. The zero-order valence-electron chi connectivity index (χ0n) is 8.69. The average Bonchev–Trinajstić information content (AvgIpc) is 2.13. The molecule has 1 heterocycles. The van der Waals surface area contributed by atoms with E-state index in [-0.39, 0.29) is 6.54 Å². The van der Waals surface area contributed by atoms with Crippen molar-refractivity contribution in [3.05, 3.63) is 0 Å². The molecule has 2 amide bonds. The number of hydrogen-bond donors (Lipinski definition) is 2. The molecule has 0 radical (unpaired) electrons. The summed E-state index contributed by atoms with van der Waals surface area (Å²) < 4.78 is 0. The molecule has 84 valence electrons. The van der Waals surface area contributed by atoms with Crippen LogP contribution in [-0.2, 0) is 14.4 Å². The van der Waals surface area contributed by atoms with Gasteiger partial charge in [0.15, 0.2) is 0 Å². The molecular weight excluding hydrogens is 200 g/mol. The van der Waals surface area contributed by atoms with Crippen LogP contribution in [0.4, 0.5) is 0 Å². The molecule has 1 aliphatic heterocycles. The number of carbonyl (C=O) groups excluding carboxylic acids is 2. The second-order valence-corrected chi connectivity index (χ2v) is 3.52. The molecule has 0 aromatic carbocycles. The van der Waals surface area contributed by atoms with E-state index in [1.165, 1.54) is 4.90 Å². The smallest absolute Gasteiger partial charge is 0.320 e. The number of carboxylic acid groups (broad SMARTS) is 1. The Kier molecular flexibility index (Phi) is 3.41. The quantitative estimate of drug-likeness (QED) is 0.600. The SMILES string of the molecule is CCC(C(=O)O)N1CC(=O)NC(=O)C1C. The number of amides is 2. The van der Waals surface area contributed by atoms with E-state index in [2.05, 4.69) is 5.32 Å². The van der Waals surface area contributed by atoms with Gasteiger partial charge in [0.25, 0.3) is 0 Å². The first-order valence-corrected chi connectivity index (χ1v) is 4.79. The minimum atomic E-state index is -1.01. The molecule has 2 atom stereocenters. The van der Waals surface area contributed by atoms with Crippen molar-refractivity contribution >= 4 is 17.8 Å². The molecule has 15 heavy (non-hydrogen) atoms. The molecule has 0 spiro atoms. The van der Waals surface area contributed by atoms with Crippen molar-refractivity contribution in [2.75, 3.05) is 6.54 Å². The van der Waals surface area contributed by atoms with Gasteiger partial charge in [-0.1, -0.05) is 6.92 Å². The normalized spacial score (nSPS) is 24.8. The standard InChI is InChI=1S/C9H14N2O4/c1-3-6(9(14)15)11-4-7(12)10-8(13)5(11)2/h5-6H,3-4H2,1-2H3,(H,14,15)(H,10,12,13). The van der Waals surface area contributed by atoms with Gasteiger partial charge in [0.05, 0.1) is 12.6 Å². The molecule has 1 fully saturated rings. The van der Waals surface area contributed by atoms with Crippen molar-refractivity contribution in [1.82, 2.24) is 10.2 Å². The molecule has 0 aliphatic carbocycles. The lowest BCUT2D eigenvalue weighted by atomic mass is 10.1. The Labute approximate surface area is 87.2 Å². The van der Waals surface area contributed by atoms with E-state index >= 15 is 0 Å². The molecule has 0 aromatic rings. The topological polar surface area (TPSA) is 86.7 Å². The van der Waals surface area contributed by atoms with Gasteiger partial charge in [-0.15, -0.1) is 0 Å². The summed E-state index contributed by atoms with van der Waals surface area (Å²) >= 11 is 0. The third-order valence-electron chi connectivity index (χ3n) is 2.54. The third-order valence-corrected chi connectivity index (χ3v) is 2.54. The van der Waals surface area contributed by atoms with Crippen molar-refractivity contribution in [1.29, 1.82) is 0 Å². The van der Waals surface area contributed by atoms with Crippen LogP contribution < -0.4 is 5.32 Å². The van der Waals surface area contributed by atoms with Gasteiger partial charge in [-0.3, -0.25) is 24.6 Å². The second kappa shape index (κ2) is 4.39. The lowest BCUT2D eigenvalue weighted by molar-refractivity contribution is -0.150. The molecule has 6 heteroatoms. The van der Waals surface area contributed by atoms with Crippen LogP contribution >= 0.6 is 0 Å². The van der Waals surface area contributed by atoms with Crippen LogP contribution in [0.5, 0.6) is 0 Å². The number of carboxylic acids is 1. The van der Waals surface area contributed by atoms with Crippen molar-refractivity contribution in [2.45, 2.75) is 32.4 Å². The van der Waals surface area contributed by atoms with Crippen LogP contribution in [0.15, 0.2) is 0 Å². The molecule has 1 rings (SSSR count). The number of carbonyl (C=O) groups is 3. The van der Waals surface area contributed by atoms with Gasteiger partial charge >= 0.3 is 5.97 Å². The van der Waals surface area contributed by atoms with Crippen molar-refractivity contribution < 1.29 is 19.5 Å². The average molecular weight is 214 g/mol. The highest BCUT2D eigenvalue weighted by Crippen LogP contribution is 2.12. The highest BCUT2D eigenvalue weighted by molar-refractivity contribution is 6.01. The van der Waals surface area contributed by atoms with Crippen LogP contribution in [0.3, 0.4) is 0 Å². The summed E-state index contributed by atoms with van der Waals surface area (Å²) in [5.41, 5.74) is 0. The molecule has 1 saturated heterocycles. The number of imide groups is 1. The maximum absolute atomic E-state index is 11.3. The summed E-state index contributed by atoms with van der Waals surface area (Å²) in [4.78, 5) is 34.7. The maximum atomic E-state index is 11.3. The highest BCUT2D eigenvalue weighted by atomic mass is 16.4. The molecule has 0 saturated carbocycles. The number of rotatable bonds is 3. The zero-order valence-corrected chi connectivity index (χ0v) is 8.69. The van der Waals surface area contributed by atoms with Crippen molar-refractivity contribution in [2.24, 2.45) is 0 Å². The third kappa shape index (κ3) is 2.33. The lowest BCUT2D eigenvalue weighted by Crippen LogP contribution is -2.61. The Balaban J connectivity index is 2.86. The van der Waals surface area contributed by atoms with Gasteiger partial charge in [0.1, 0.15) is 6.04 Å². The van der Waals surface area contributed by atoms with E-state index in [0.29, 0.717) is 6.42 Å². The molecule has 0 bridgehead atoms. The van der Waals surface area contributed by atoms with E-state index in [4.69, 9.17) is 5.11 Å². The number of aliphatic carboxylic acids is 1. The summed E-state index contributed by atoms with van der Waals surface area (Å²) in [5.74, 6) is -1.89. The molecule has 1 aliphatic rings. The van der Waals surface area contributed by atoms with Crippen LogP contribution in [0.25, 0.3) is 0 Å². The van der Waals surface area contributed by atoms with Crippen molar-refractivity contribution in [3.8, 4) is 0 Å². The fourth-order valence-corrected chi connectivity index (χ4v) is 1.67. The van der Waals surface area contributed by atoms with Crippen LogP contribution in [0, 0.1) is 0 Å². The molecule has 2 N–H and O–H groups in total. The second-order valence-electron chi connectivity index (χ2n) is 3.52. The van der Waals surface area contributed by atoms with Crippen molar-refractivity contribution in [3.63, 3.8) is 0 Å². The zero-order chi connectivity index (χ0) is 11.6. The Morgan fingerprint density at radius 3 is 2.73 bits per heavy atom. The van der Waals surface area contributed by atoms with Gasteiger partial charge in [-0.25, -0.2) is 0 Å². The van der Waals surface area contributed by atoms with Crippen LogP contribution in [0.2, 0.25) is 0 Å². The fourth-order valence-electron chi connectivity index (χ4n) is 1.67. The largest absolute Gasteiger partial charge is 0.480 e. The molecule has 2 unspecified atom stereocenters. The van der Waals surface area contributed by atoms with Gasteiger partial charge in [0.2, 0.25) is 11.8 Å². The first-order chi connectivity index (χ1) is 6.97. The molecule has 0 aromatic heterocycles. The summed E-state index contributed by atoms with van der Waals surface area (Å²) in [7, 11) is 0. The minimum Gasteiger partial charge on any atom is -0.480 e. The highest BCUT2D eigenvalue weighted by Gasteiger charge is 2.37. The van der Waals surface area contributed by atoms with Crippen LogP contribution in [-0.4, -0.2) is 46.4 Å². The maximum Gasteiger partial charge on any atom is 0.320 e. The first-order valence-electron chi connectivity index (χ1n) is 4.79. The Bertz CT molecular complexity index is 302. The van der Waals surface area contributed by atoms with E-state index in [1.807, 2.05) is 0 Å². The summed E-state index contributed by atoms with van der Waals surface area (Å²) in [6.45, 7) is 3.26. The van der Waals surface area contributed by atoms with Crippen LogP contribution in [0.1, 0.15) is 20.3 Å². The van der Waals surface area contributed by atoms with Gasteiger partial charge in [0, 0.05) is 0 Å². The van der Waals surface area contributed by atoms with Gasteiger partial charge in [-0.2, -0.15) is 0 Å². The number of nitrogens with one attached hydrogen (secondary N) is 1. The number of nitrogens with zero attached hydrogens (tertiary/aromatic N) is 1. The lowest BCUT2D eigenvalue weighted by Gasteiger charge is -2.35. The summed E-state index contributed by atoms with van der Waals surface area (Å²) in [5, 5.41) is 11.1. The number of piperazine rings is 1. The first kappa shape index (κ1) is 11.6. The van der Waals surface area contributed by atoms with E-state index in [0.717, 1.165) is 0 Å². The Morgan fingerprint density at radius 1 is 1.67 bits per heavy atom. The predicted molar refractivity (Wildman–Crippen MR) is 51.0 cm³/mol. The van der Waals surface area contributed by atoms with Gasteiger partial charge in [-0.05, 0) is 13.3 Å². The monoisotopic (exact) mass is 214 g/mol. The van der Waals surface area contributed by atoms with E-state index < -0.39 is 29.9 Å². The Hall–Kier alpha value is -1.43. The molecule has 6 nitrogen and oxygen atoms in total. The number of hydrogen-bond acceptors (Lipinski definition) is 4. The van der Waals surface area contributed by atoms with Gasteiger partial charge < -0.3 is 5.11 Å². The fraction of sp³-hybridized carbons (Fsp3) is 0.667. The summed E-state index contributed by atoms with van der Waals surface area (Å²) in [6, 6.07) is -1.36. The Morgan fingerprint density at radius 2 is 2.27 bits per heavy atom. The molecular formula is C9H14N2O4. The summed E-state index contributed by atoms with van der Waals surface area (Å²) in [6.07, 6.45) is 0.361. The van der Waals surface area contributed by atoms with E-state index in [1.54, 1.807) is 13.8 Å².